The number of benzene rings is 2. The maximum atomic E-state index is 12.6. The van der Waals surface area contributed by atoms with Gasteiger partial charge in [0.1, 0.15) is 4.32 Å². The molecule has 0 saturated carbocycles. The van der Waals surface area contributed by atoms with Gasteiger partial charge in [-0.3, -0.25) is 14.5 Å². The van der Waals surface area contributed by atoms with Gasteiger partial charge in [-0.2, -0.15) is 0 Å². The molecule has 0 radical (unpaired) electrons. The SMILES string of the molecule is Cc1ccc(/C=C2\SC(=S)N(CCC(=O)Nc3ccc(Cl)c(Cl)c3)C2=O)cc1. The molecule has 0 aromatic heterocycles. The number of hydrogen-bond acceptors (Lipinski definition) is 4. The zero-order chi connectivity index (χ0) is 20.3. The van der Waals surface area contributed by atoms with Gasteiger partial charge in [0, 0.05) is 18.7 Å². The fourth-order valence-electron chi connectivity index (χ4n) is 2.52. The van der Waals surface area contributed by atoms with E-state index in [0.717, 1.165) is 11.1 Å². The topological polar surface area (TPSA) is 49.4 Å². The standard InChI is InChI=1S/C20H16Cl2N2O2S2/c1-12-2-4-13(5-3-12)10-17-19(26)24(20(27)28-17)9-8-18(25)23-14-6-7-15(21)16(22)11-14/h2-7,10-11H,8-9H2,1H3,(H,23,25)/b17-10-. The van der Waals surface area contributed by atoms with E-state index in [0.29, 0.717) is 25.0 Å². The van der Waals surface area contributed by atoms with Crippen LogP contribution in [0.25, 0.3) is 6.08 Å². The van der Waals surface area contributed by atoms with Crippen LogP contribution in [0, 0.1) is 6.92 Å². The van der Waals surface area contributed by atoms with Crippen molar-refractivity contribution in [1.82, 2.24) is 4.90 Å². The highest BCUT2D eigenvalue weighted by Gasteiger charge is 2.32. The Morgan fingerprint density at radius 2 is 1.89 bits per heavy atom. The van der Waals surface area contributed by atoms with Gasteiger partial charge in [-0.1, -0.05) is 77.0 Å². The fourth-order valence-corrected chi connectivity index (χ4v) is 4.12. The van der Waals surface area contributed by atoms with Gasteiger partial charge in [0.25, 0.3) is 5.91 Å². The molecule has 0 spiro atoms. The number of amides is 2. The molecule has 1 heterocycles. The Bertz CT molecular complexity index is 975. The monoisotopic (exact) mass is 450 g/mol. The quantitative estimate of drug-likeness (QED) is 0.480. The van der Waals surface area contributed by atoms with E-state index in [9.17, 15) is 9.59 Å². The minimum Gasteiger partial charge on any atom is -0.326 e. The number of rotatable bonds is 5. The summed E-state index contributed by atoms with van der Waals surface area (Å²) in [5.74, 6) is -0.423. The summed E-state index contributed by atoms with van der Waals surface area (Å²) in [5.41, 5.74) is 2.63. The molecule has 3 rings (SSSR count). The summed E-state index contributed by atoms with van der Waals surface area (Å²) < 4.78 is 0.450. The molecule has 0 unspecified atom stereocenters. The number of thiocarbonyl (C=S) groups is 1. The Morgan fingerprint density at radius 1 is 1.18 bits per heavy atom. The average Bonchev–Trinajstić information content (AvgIpc) is 2.91. The number of thioether (sulfide) groups is 1. The third-order valence-corrected chi connectivity index (χ3v) is 6.13. The third-order valence-electron chi connectivity index (χ3n) is 4.01. The van der Waals surface area contributed by atoms with Crippen LogP contribution in [0.5, 0.6) is 0 Å². The zero-order valence-corrected chi connectivity index (χ0v) is 18.0. The molecule has 4 nitrogen and oxygen atoms in total. The second-order valence-electron chi connectivity index (χ2n) is 6.17. The number of carbonyl (C=O) groups is 2. The van der Waals surface area contributed by atoms with E-state index in [4.69, 9.17) is 35.4 Å². The number of carbonyl (C=O) groups excluding carboxylic acids is 2. The van der Waals surface area contributed by atoms with Crippen LogP contribution in [0.15, 0.2) is 47.4 Å². The summed E-state index contributed by atoms with van der Waals surface area (Å²) in [6, 6.07) is 12.7. The molecule has 1 aliphatic heterocycles. The van der Waals surface area contributed by atoms with Gasteiger partial charge >= 0.3 is 0 Å². The van der Waals surface area contributed by atoms with E-state index in [1.165, 1.54) is 16.7 Å². The molecule has 1 saturated heterocycles. The molecule has 1 aliphatic rings. The minimum absolute atomic E-state index is 0.116. The molecule has 0 bridgehead atoms. The Labute approximate surface area is 182 Å². The first-order chi connectivity index (χ1) is 13.3. The number of aryl methyl sites for hydroxylation is 1. The van der Waals surface area contributed by atoms with Gasteiger partial charge in [-0.05, 0) is 36.8 Å². The van der Waals surface area contributed by atoms with Crippen LogP contribution < -0.4 is 5.32 Å². The van der Waals surface area contributed by atoms with Gasteiger partial charge in [-0.25, -0.2) is 0 Å². The second kappa shape index (κ2) is 9.09. The van der Waals surface area contributed by atoms with Crippen molar-refractivity contribution in [3.8, 4) is 0 Å². The fraction of sp³-hybridized carbons (Fsp3) is 0.150. The summed E-state index contributed by atoms with van der Waals surface area (Å²) in [4.78, 5) is 26.8. The van der Waals surface area contributed by atoms with Crippen molar-refractivity contribution < 1.29 is 9.59 Å². The number of anilines is 1. The van der Waals surface area contributed by atoms with Crippen molar-refractivity contribution in [3.63, 3.8) is 0 Å². The molecule has 2 aromatic rings. The minimum atomic E-state index is -0.241. The van der Waals surface area contributed by atoms with Crippen molar-refractivity contribution in [2.45, 2.75) is 13.3 Å². The highest BCUT2D eigenvalue weighted by molar-refractivity contribution is 8.26. The van der Waals surface area contributed by atoms with Crippen LogP contribution in [0.4, 0.5) is 5.69 Å². The molecule has 28 heavy (non-hydrogen) atoms. The Hall–Kier alpha value is -1.86. The lowest BCUT2D eigenvalue weighted by atomic mass is 10.1. The van der Waals surface area contributed by atoms with Gasteiger partial charge in [-0.15, -0.1) is 0 Å². The Morgan fingerprint density at radius 3 is 2.57 bits per heavy atom. The number of hydrogen-bond donors (Lipinski definition) is 1. The largest absolute Gasteiger partial charge is 0.326 e. The molecule has 0 atom stereocenters. The second-order valence-corrected chi connectivity index (χ2v) is 8.66. The lowest BCUT2D eigenvalue weighted by Crippen LogP contribution is -2.31. The van der Waals surface area contributed by atoms with Crippen LogP contribution in [0.3, 0.4) is 0 Å². The van der Waals surface area contributed by atoms with Crippen molar-refractivity contribution >= 4 is 75.1 Å². The van der Waals surface area contributed by atoms with Crippen molar-refractivity contribution in [3.05, 3.63) is 68.5 Å². The third kappa shape index (κ3) is 5.14. The van der Waals surface area contributed by atoms with E-state index in [1.807, 2.05) is 37.3 Å². The lowest BCUT2D eigenvalue weighted by molar-refractivity contribution is -0.122. The summed E-state index contributed by atoms with van der Waals surface area (Å²) in [6.45, 7) is 2.22. The normalized spacial score (nSPS) is 15.4. The summed E-state index contributed by atoms with van der Waals surface area (Å²) in [7, 11) is 0. The summed E-state index contributed by atoms with van der Waals surface area (Å²) in [6.07, 6.45) is 1.93. The molecular formula is C20H16Cl2N2O2S2. The lowest BCUT2D eigenvalue weighted by Gasteiger charge is -2.14. The zero-order valence-electron chi connectivity index (χ0n) is 14.9. The molecule has 2 aromatic carbocycles. The first kappa shape index (κ1) is 20.9. The predicted molar refractivity (Wildman–Crippen MR) is 121 cm³/mol. The van der Waals surface area contributed by atoms with E-state index in [-0.39, 0.29) is 24.8 Å². The molecule has 144 valence electrons. The highest BCUT2D eigenvalue weighted by atomic mass is 35.5. The average molecular weight is 451 g/mol. The van der Waals surface area contributed by atoms with Gasteiger partial charge < -0.3 is 5.32 Å². The number of nitrogens with one attached hydrogen (secondary N) is 1. The van der Waals surface area contributed by atoms with Crippen LogP contribution in [-0.2, 0) is 9.59 Å². The van der Waals surface area contributed by atoms with E-state index in [1.54, 1.807) is 18.2 Å². The van der Waals surface area contributed by atoms with Crippen LogP contribution in [0.2, 0.25) is 10.0 Å². The van der Waals surface area contributed by atoms with Crippen molar-refractivity contribution in [1.29, 1.82) is 0 Å². The van der Waals surface area contributed by atoms with Crippen molar-refractivity contribution in [2.75, 3.05) is 11.9 Å². The van der Waals surface area contributed by atoms with E-state index in [2.05, 4.69) is 5.32 Å². The number of halogens is 2. The molecule has 8 heteroatoms. The maximum absolute atomic E-state index is 12.6. The first-order valence-electron chi connectivity index (χ1n) is 8.40. The predicted octanol–water partition coefficient (Wildman–Crippen LogP) is 5.53. The van der Waals surface area contributed by atoms with Crippen LogP contribution >= 0.6 is 47.2 Å². The molecule has 1 fully saturated rings. The van der Waals surface area contributed by atoms with Gasteiger partial charge in [0.05, 0.1) is 15.0 Å². The summed E-state index contributed by atoms with van der Waals surface area (Å²) in [5, 5.41) is 3.51. The molecule has 2 amide bonds. The molecule has 1 N–H and O–H groups in total. The summed E-state index contributed by atoms with van der Waals surface area (Å²) >= 11 is 18.4. The Kier molecular flexibility index (Phi) is 6.78. The van der Waals surface area contributed by atoms with Gasteiger partial charge in [0.15, 0.2) is 0 Å². The van der Waals surface area contributed by atoms with Crippen LogP contribution in [-0.4, -0.2) is 27.6 Å². The molecule has 0 aliphatic carbocycles. The first-order valence-corrected chi connectivity index (χ1v) is 10.4. The highest BCUT2D eigenvalue weighted by Crippen LogP contribution is 2.32. The van der Waals surface area contributed by atoms with E-state index < -0.39 is 0 Å². The van der Waals surface area contributed by atoms with Crippen LogP contribution in [0.1, 0.15) is 17.5 Å². The van der Waals surface area contributed by atoms with E-state index >= 15 is 0 Å². The molecular weight excluding hydrogens is 435 g/mol. The number of nitrogens with zero attached hydrogens (tertiary/aromatic N) is 1. The maximum Gasteiger partial charge on any atom is 0.266 e. The van der Waals surface area contributed by atoms with Gasteiger partial charge in [0.2, 0.25) is 5.91 Å². The Balaban J connectivity index is 1.60. The van der Waals surface area contributed by atoms with Crippen molar-refractivity contribution in [2.24, 2.45) is 0 Å². The smallest absolute Gasteiger partial charge is 0.266 e.